The average molecular weight is 365 g/mol. The molecular formula is C11H10BrFN2O2S2. The molecule has 1 aromatic carbocycles. The average Bonchev–Trinajstić information content (AvgIpc) is 2.70. The van der Waals surface area contributed by atoms with Crippen molar-refractivity contribution in [1.82, 2.24) is 5.32 Å². The molecule has 8 heteroatoms. The van der Waals surface area contributed by atoms with E-state index in [1.807, 2.05) is 0 Å². The van der Waals surface area contributed by atoms with Gasteiger partial charge in [0, 0.05) is 4.47 Å². The Balaban J connectivity index is 2.02. The third kappa shape index (κ3) is 2.25. The highest BCUT2D eigenvalue weighted by Crippen LogP contribution is 2.32. The zero-order chi connectivity index (χ0) is 13.8. The number of benzene rings is 1. The van der Waals surface area contributed by atoms with E-state index in [2.05, 4.69) is 21.2 Å². The highest BCUT2D eigenvalue weighted by molar-refractivity contribution is 9.10. The fourth-order valence-electron chi connectivity index (χ4n) is 2.56. The minimum absolute atomic E-state index is 0.000308. The second kappa shape index (κ2) is 4.39. The lowest BCUT2D eigenvalue weighted by Gasteiger charge is -2.23. The van der Waals surface area contributed by atoms with Crippen LogP contribution in [0.15, 0.2) is 22.7 Å². The Morgan fingerprint density at radius 2 is 2.16 bits per heavy atom. The number of fused-ring (bicyclic) bond motifs is 1. The van der Waals surface area contributed by atoms with Crippen molar-refractivity contribution in [2.75, 3.05) is 16.4 Å². The maximum absolute atomic E-state index is 14.0. The smallest absolute Gasteiger partial charge is 0.174 e. The van der Waals surface area contributed by atoms with Crippen LogP contribution in [0.3, 0.4) is 0 Å². The van der Waals surface area contributed by atoms with Gasteiger partial charge in [-0.3, -0.25) is 0 Å². The summed E-state index contributed by atoms with van der Waals surface area (Å²) in [5.41, 5.74) is 0.310. The van der Waals surface area contributed by atoms with Gasteiger partial charge in [0.05, 0.1) is 29.3 Å². The number of anilines is 1. The molecule has 2 aliphatic rings. The summed E-state index contributed by atoms with van der Waals surface area (Å²) >= 11 is 8.38. The monoisotopic (exact) mass is 364 g/mol. The van der Waals surface area contributed by atoms with Crippen LogP contribution in [0.5, 0.6) is 0 Å². The second-order valence-electron chi connectivity index (χ2n) is 4.67. The molecule has 19 heavy (non-hydrogen) atoms. The Hall–Kier alpha value is -0.730. The molecule has 1 N–H and O–H groups in total. The highest BCUT2D eigenvalue weighted by Gasteiger charge is 2.48. The molecule has 3 rings (SSSR count). The lowest BCUT2D eigenvalue weighted by Crippen LogP contribution is -2.37. The first kappa shape index (κ1) is 13.3. The number of halogens is 2. The summed E-state index contributed by atoms with van der Waals surface area (Å²) in [5, 5.41) is 3.34. The third-order valence-electron chi connectivity index (χ3n) is 3.35. The number of nitrogens with zero attached hydrogens (tertiary/aromatic N) is 1. The first-order valence-corrected chi connectivity index (χ1v) is 8.65. The maximum atomic E-state index is 14.0. The fourth-order valence-corrected chi connectivity index (χ4v) is 5.17. The summed E-state index contributed by atoms with van der Waals surface area (Å²) in [6.07, 6.45) is 0. The van der Waals surface area contributed by atoms with Crippen molar-refractivity contribution < 1.29 is 12.8 Å². The molecule has 0 aromatic heterocycles. The van der Waals surface area contributed by atoms with Crippen LogP contribution in [-0.2, 0) is 9.84 Å². The van der Waals surface area contributed by atoms with Crippen molar-refractivity contribution in [3.63, 3.8) is 0 Å². The molecule has 2 aliphatic heterocycles. The Morgan fingerprint density at radius 1 is 1.42 bits per heavy atom. The van der Waals surface area contributed by atoms with E-state index >= 15 is 0 Å². The normalized spacial score (nSPS) is 28.3. The van der Waals surface area contributed by atoms with Gasteiger partial charge in [0.2, 0.25) is 0 Å². The molecule has 2 saturated heterocycles. The van der Waals surface area contributed by atoms with Crippen molar-refractivity contribution in [1.29, 1.82) is 0 Å². The van der Waals surface area contributed by atoms with Crippen LogP contribution in [0, 0.1) is 5.82 Å². The first-order chi connectivity index (χ1) is 8.87. The Kier molecular flexibility index (Phi) is 3.06. The van der Waals surface area contributed by atoms with Crippen LogP contribution >= 0.6 is 28.1 Å². The van der Waals surface area contributed by atoms with E-state index in [-0.39, 0.29) is 23.6 Å². The van der Waals surface area contributed by atoms with E-state index in [9.17, 15) is 12.8 Å². The van der Waals surface area contributed by atoms with Gasteiger partial charge in [-0.15, -0.1) is 0 Å². The van der Waals surface area contributed by atoms with Gasteiger partial charge < -0.3 is 10.2 Å². The molecule has 4 nitrogen and oxygen atoms in total. The molecule has 2 atom stereocenters. The van der Waals surface area contributed by atoms with Crippen molar-refractivity contribution in [2.45, 2.75) is 12.1 Å². The third-order valence-corrected chi connectivity index (χ3v) is 5.88. The molecule has 0 saturated carbocycles. The zero-order valence-corrected chi connectivity index (χ0v) is 12.9. The summed E-state index contributed by atoms with van der Waals surface area (Å²) in [7, 11) is -3.09. The first-order valence-electron chi connectivity index (χ1n) is 5.62. The lowest BCUT2D eigenvalue weighted by molar-refractivity contribution is 0.600. The molecule has 1 aromatic rings. The van der Waals surface area contributed by atoms with Gasteiger partial charge in [-0.1, -0.05) is 15.9 Å². The summed E-state index contributed by atoms with van der Waals surface area (Å²) in [6.45, 7) is 0. The van der Waals surface area contributed by atoms with E-state index in [1.54, 1.807) is 17.0 Å². The summed E-state index contributed by atoms with van der Waals surface area (Å²) in [6, 6.07) is 4.07. The Morgan fingerprint density at radius 3 is 2.84 bits per heavy atom. The van der Waals surface area contributed by atoms with Crippen molar-refractivity contribution in [3.05, 3.63) is 28.5 Å². The Bertz CT molecular complexity index is 665. The number of hydrogen-bond acceptors (Lipinski definition) is 3. The summed E-state index contributed by atoms with van der Waals surface area (Å²) < 4.78 is 38.0. The van der Waals surface area contributed by atoms with Crippen LogP contribution in [0.1, 0.15) is 0 Å². The van der Waals surface area contributed by atoms with E-state index < -0.39 is 15.7 Å². The highest BCUT2D eigenvalue weighted by atomic mass is 79.9. The van der Waals surface area contributed by atoms with Crippen LogP contribution in [0.25, 0.3) is 0 Å². The van der Waals surface area contributed by atoms with Crippen molar-refractivity contribution >= 4 is 48.8 Å². The van der Waals surface area contributed by atoms with Gasteiger partial charge >= 0.3 is 0 Å². The quantitative estimate of drug-likeness (QED) is 0.764. The van der Waals surface area contributed by atoms with Crippen LogP contribution in [-0.4, -0.2) is 37.1 Å². The van der Waals surface area contributed by atoms with E-state index in [4.69, 9.17) is 12.2 Å². The molecule has 2 unspecified atom stereocenters. The number of rotatable bonds is 1. The van der Waals surface area contributed by atoms with E-state index in [0.717, 1.165) is 0 Å². The van der Waals surface area contributed by atoms with Crippen LogP contribution in [0.2, 0.25) is 0 Å². The minimum Gasteiger partial charge on any atom is -0.356 e. The van der Waals surface area contributed by atoms with Crippen LogP contribution < -0.4 is 10.2 Å². The Labute approximate surface area is 124 Å². The molecule has 0 spiro atoms. The van der Waals surface area contributed by atoms with Crippen LogP contribution in [0.4, 0.5) is 10.1 Å². The summed E-state index contributed by atoms with van der Waals surface area (Å²) in [4.78, 5) is 1.58. The molecule has 102 valence electrons. The van der Waals surface area contributed by atoms with Gasteiger partial charge in [-0.25, -0.2) is 12.8 Å². The molecular weight excluding hydrogens is 355 g/mol. The number of sulfone groups is 1. The van der Waals surface area contributed by atoms with Gasteiger partial charge in [0.25, 0.3) is 0 Å². The van der Waals surface area contributed by atoms with Gasteiger partial charge in [-0.05, 0) is 30.4 Å². The van der Waals surface area contributed by atoms with Crippen molar-refractivity contribution in [3.8, 4) is 0 Å². The largest absolute Gasteiger partial charge is 0.356 e. The SMILES string of the molecule is O=S1(=O)CC2NC(=S)N(c3ccc(Br)cc3F)C2C1. The number of nitrogens with one attached hydrogen (secondary N) is 1. The van der Waals surface area contributed by atoms with Gasteiger partial charge in [-0.2, -0.15) is 0 Å². The lowest BCUT2D eigenvalue weighted by atomic mass is 10.1. The predicted octanol–water partition coefficient (Wildman–Crippen LogP) is 1.45. The fraction of sp³-hybridized carbons (Fsp3) is 0.364. The standard InChI is InChI=1S/C11H10BrFN2O2S2/c12-6-1-2-9(7(13)3-6)15-10-5-19(16,17)4-8(10)14-11(15)18/h1-3,8,10H,4-5H2,(H,14,18). The zero-order valence-electron chi connectivity index (χ0n) is 9.64. The molecule has 0 radical (unpaired) electrons. The molecule has 2 fully saturated rings. The molecule has 0 aliphatic carbocycles. The number of thiocarbonyl (C=S) groups is 1. The second-order valence-corrected chi connectivity index (χ2v) is 8.12. The molecule has 0 amide bonds. The van der Waals surface area contributed by atoms with E-state index in [1.165, 1.54) is 6.07 Å². The number of hydrogen-bond donors (Lipinski definition) is 1. The maximum Gasteiger partial charge on any atom is 0.174 e. The minimum atomic E-state index is -3.09. The molecule has 0 bridgehead atoms. The summed E-state index contributed by atoms with van der Waals surface area (Å²) in [5.74, 6) is -0.379. The topological polar surface area (TPSA) is 49.4 Å². The van der Waals surface area contributed by atoms with Gasteiger partial charge in [0.15, 0.2) is 14.9 Å². The van der Waals surface area contributed by atoms with Crippen molar-refractivity contribution in [2.24, 2.45) is 0 Å². The van der Waals surface area contributed by atoms with E-state index in [0.29, 0.717) is 15.3 Å². The van der Waals surface area contributed by atoms with Gasteiger partial charge in [0.1, 0.15) is 5.82 Å². The molecule has 2 heterocycles. The predicted molar refractivity (Wildman–Crippen MR) is 78.5 cm³/mol.